The van der Waals surface area contributed by atoms with Crippen molar-refractivity contribution in [1.29, 1.82) is 0 Å². The Hall–Kier alpha value is -2.35. The second-order valence-electron chi connectivity index (χ2n) is 6.35. The summed E-state index contributed by atoms with van der Waals surface area (Å²) >= 11 is 0. The number of hydrogen-bond acceptors (Lipinski definition) is 5. The van der Waals surface area contributed by atoms with Crippen LogP contribution in [0.3, 0.4) is 0 Å². The number of sulfonamides is 1. The van der Waals surface area contributed by atoms with E-state index in [1.54, 1.807) is 4.72 Å². The second-order valence-corrected chi connectivity index (χ2v) is 8.12. The number of methoxy groups -OCH3 is 1. The van der Waals surface area contributed by atoms with Crippen molar-refractivity contribution < 1.29 is 49.1 Å². The number of amides is 1. The Bertz CT molecular complexity index is 867. The zero-order chi connectivity index (χ0) is 24.0. The van der Waals surface area contributed by atoms with Gasteiger partial charge in [0.2, 0.25) is 15.9 Å². The summed E-state index contributed by atoms with van der Waals surface area (Å²) in [6.07, 6.45) is -9.10. The van der Waals surface area contributed by atoms with Crippen LogP contribution in [0.25, 0.3) is 0 Å². The molecule has 0 heterocycles. The van der Waals surface area contributed by atoms with Crippen LogP contribution in [0.4, 0.5) is 26.3 Å². The van der Waals surface area contributed by atoms with Crippen LogP contribution in [0, 0.1) is 0 Å². The summed E-state index contributed by atoms with van der Waals surface area (Å²) in [6, 6.07) is -1.27. The third-order valence-corrected chi connectivity index (χ3v) is 5.34. The van der Waals surface area contributed by atoms with Crippen LogP contribution in [-0.4, -0.2) is 40.0 Å². The lowest BCUT2D eigenvalue weighted by Crippen LogP contribution is -2.46. The van der Waals surface area contributed by atoms with Crippen molar-refractivity contribution in [2.75, 3.05) is 13.7 Å². The lowest BCUT2D eigenvalue weighted by atomic mass is 10.1. The monoisotopic (exact) mass is 478 g/mol. The highest BCUT2D eigenvalue weighted by Crippen LogP contribution is 2.37. The fourth-order valence-electron chi connectivity index (χ4n) is 2.37. The molecule has 1 aromatic rings. The van der Waals surface area contributed by atoms with Gasteiger partial charge in [-0.2, -0.15) is 26.3 Å². The molecule has 0 aliphatic carbocycles. The summed E-state index contributed by atoms with van der Waals surface area (Å²) in [4.78, 5) is 22.3. The predicted octanol–water partition coefficient (Wildman–Crippen LogP) is 2.85. The average Bonchev–Trinajstić information content (AvgIpc) is 2.67. The summed E-state index contributed by atoms with van der Waals surface area (Å²) < 4.78 is 108. The fraction of sp³-hybridized carbons (Fsp3) is 0.529. The van der Waals surface area contributed by atoms with Gasteiger partial charge in [0, 0.05) is 0 Å². The topological polar surface area (TPSA) is 102 Å². The highest BCUT2D eigenvalue weighted by molar-refractivity contribution is 7.89. The molecule has 2 N–H and O–H groups in total. The first-order valence-corrected chi connectivity index (χ1v) is 10.3. The smallest absolute Gasteiger partial charge is 0.416 e. The minimum Gasteiger partial charge on any atom is -0.467 e. The number of alkyl halides is 6. The molecule has 1 atom stereocenters. The van der Waals surface area contributed by atoms with Gasteiger partial charge in [-0.1, -0.05) is 19.8 Å². The van der Waals surface area contributed by atoms with Crippen LogP contribution < -0.4 is 10.0 Å². The van der Waals surface area contributed by atoms with Gasteiger partial charge in [-0.3, -0.25) is 4.79 Å². The standard InChI is InChI=1S/C17H20F6N2O5S/c1-3-4-5-13(15(27)30-2)25-14(26)9-24-31(28,29)12-7-10(16(18,19)20)6-11(8-12)17(21,22)23/h6-8,13,24H,3-5,9H2,1-2H3,(H,25,26). The minimum atomic E-state index is -5.24. The molecule has 0 saturated heterocycles. The zero-order valence-corrected chi connectivity index (χ0v) is 17.2. The van der Waals surface area contributed by atoms with Gasteiger partial charge < -0.3 is 10.1 Å². The van der Waals surface area contributed by atoms with E-state index in [1.165, 1.54) is 0 Å². The summed E-state index contributed by atoms with van der Waals surface area (Å²) in [5.74, 6) is -1.82. The van der Waals surface area contributed by atoms with E-state index in [0.29, 0.717) is 12.8 Å². The number of rotatable bonds is 9. The minimum absolute atomic E-state index is 0.0218. The van der Waals surface area contributed by atoms with Crippen molar-refractivity contribution in [3.63, 3.8) is 0 Å². The van der Waals surface area contributed by atoms with Gasteiger partial charge >= 0.3 is 18.3 Å². The fourth-order valence-corrected chi connectivity index (χ4v) is 3.42. The molecule has 1 amide bonds. The van der Waals surface area contributed by atoms with E-state index in [2.05, 4.69) is 10.1 Å². The van der Waals surface area contributed by atoms with Crippen molar-refractivity contribution in [3.05, 3.63) is 29.3 Å². The second kappa shape index (κ2) is 10.3. The molecule has 0 fully saturated rings. The Morgan fingerprint density at radius 2 is 1.55 bits per heavy atom. The summed E-state index contributed by atoms with van der Waals surface area (Å²) in [5.41, 5.74) is -3.64. The molecule has 0 radical (unpaired) electrons. The maximum Gasteiger partial charge on any atom is 0.416 e. The van der Waals surface area contributed by atoms with Crippen molar-refractivity contribution in [2.45, 2.75) is 49.5 Å². The number of nitrogens with one attached hydrogen (secondary N) is 2. The van der Waals surface area contributed by atoms with Gasteiger partial charge in [0.05, 0.1) is 29.7 Å². The number of ether oxygens (including phenoxy) is 1. The van der Waals surface area contributed by atoms with E-state index in [4.69, 9.17) is 0 Å². The Balaban J connectivity index is 3.06. The maximum absolute atomic E-state index is 12.9. The third-order valence-electron chi connectivity index (χ3n) is 3.96. The number of benzene rings is 1. The quantitative estimate of drug-likeness (QED) is 0.420. The van der Waals surface area contributed by atoms with E-state index in [-0.39, 0.29) is 24.6 Å². The Morgan fingerprint density at radius 1 is 1.03 bits per heavy atom. The molecule has 0 aliphatic heterocycles. The molecule has 0 bridgehead atoms. The Labute approximate surface area is 174 Å². The van der Waals surface area contributed by atoms with E-state index in [1.807, 2.05) is 6.92 Å². The molecular formula is C17H20F6N2O5S. The number of hydrogen-bond donors (Lipinski definition) is 2. The van der Waals surface area contributed by atoms with Crippen LogP contribution >= 0.6 is 0 Å². The average molecular weight is 478 g/mol. The molecule has 14 heteroatoms. The van der Waals surface area contributed by atoms with Crippen LogP contribution in [0.15, 0.2) is 23.1 Å². The van der Waals surface area contributed by atoms with Gasteiger partial charge in [-0.15, -0.1) is 0 Å². The van der Waals surface area contributed by atoms with Gasteiger partial charge in [0.15, 0.2) is 0 Å². The van der Waals surface area contributed by atoms with E-state index >= 15 is 0 Å². The first kappa shape index (κ1) is 26.7. The molecule has 0 saturated carbocycles. The first-order valence-electron chi connectivity index (χ1n) is 8.78. The number of halogens is 6. The largest absolute Gasteiger partial charge is 0.467 e. The number of carbonyl (C=O) groups excluding carboxylic acids is 2. The first-order chi connectivity index (χ1) is 14.1. The molecule has 1 unspecified atom stereocenters. The van der Waals surface area contributed by atoms with Gasteiger partial charge in [-0.25, -0.2) is 17.9 Å². The van der Waals surface area contributed by atoms with Crippen LogP contribution in [0.2, 0.25) is 0 Å². The van der Waals surface area contributed by atoms with Crippen molar-refractivity contribution >= 4 is 21.9 Å². The van der Waals surface area contributed by atoms with Crippen molar-refractivity contribution in [2.24, 2.45) is 0 Å². The zero-order valence-electron chi connectivity index (χ0n) is 16.4. The van der Waals surface area contributed by atoms with Crippen LogP contribution in [-0.2, 0) is 36.7 Å². The van der Waals surface area contributed by atoms with Gasteiger partial charge in [0.25, 0.3) is 0 Å². The molecule has 0 spiro atoms. The molecule has 0 aliphatic rings. The summed E-state index contributed by atoms with van der Waals surface area (Å²) in [7, 11) is -3.86. The summed E-state index contributed by atoms with van der Waals surface area (Å²) in [5, 5.41) is 2.20. The number of unbranched alkanes of at least 4 members (excludes halogenated alkanes) is 1. The SMILES string of the molecule is CCCCC(NC(=O)CNS(=O)(=O)c1cc(C(F)(F)F)cc(C(F)(F)F)c1)C(=O)OC. The van der Waals surface area contributed by atoms with Gasteiger partial charge in [-0.05, 0) is 24.6 Å². The highest BCUT2D eigenvalue weighted by atomic mass is 32.2. The van der Waals surface area contributed by atoms with Crippen LogP contribution in [0.1, 0.15) is 37.3 Å². The van der Waals surface area contributed by atoms with E-state index in [0.717, 1.165) is 7.11 Å². The molecule has 176 valence electrons. The van der Waals surface area contributed by atoms with Crippen molar-refractivity contribution in [1.82, 2.24) is 10.0 Å². The molecule has 1 rings (SSSR count). The summed E-state index contributed by atoms with van der Waals surface area (Å²) in [6.45, 7) is 0.786. The molecule has 0 aromatic heterocycles. The Morgan fingerprint density at radius 3 is 1.97 bits per heavy atom. The predicted molar refractivity (Wildman–Crippen MR) is 95.1 cm³/mol. The molecule has 7 nitrogen and oxygen atoms in total. The molecular weight excluding hydrogens is 458 g/mol. The lowest BCUT2D eigenvalue weighted by molar-refractivity contribution is -0.145. The Kier molecular flexibility index (Phi) is 8.87. The highest BCUT2D eigenvalue weighted by Gasteiger charge is 2.38. The molecule has 1 aromatic carbocycles. The normalized spacial score (nSPS) is 13.5. The van der Waals surface area contributed by atoms with Crippen molar-refractivity contribution in [3.8, 4) is 0 Å². The maximum atomic E-state index is 12.9. The third kappa shape index (κ3) is 8.01. The molecule has 31 heavy (non-hydrogen) atoms. The number of esters is 1. The van der Waals surface area contributed by atoms with Crippen LogP contribution in [0.5, 0.6) is 0 Å². The van der Waals surface area contributed by atoms with E-state index in [9.17, 15) is 44.3 Å². The number of carbonyl (C=O) groups is 2. The lowest BCUT2D eigenvalue weighted by Gasteiger charge is -2.17. The van der Waals surface area contributed by atoms with E-state index < -0.39 is 62.9 Å². The van der Waals surface area contributed by atoms with Gasteiger partial charge in [0.1, 0.15) is 6.04 Å².